The second-order valence-electron chi connectivity index (χ2n) is 5.99. The highest BCUT2D eigenvalue weighted by Gasteiger charge is 2.38. The van der Waals surface area contributed by atoms with E-state index in [1.54, 1.807) is 4.90 Å². The van der Waals surface area contributed by atoms with Crippen molar-refractivity contribution in [1.29, 1.82) is 0 Å². The van der Waals surface area contributed by atoms with Gasteiger partial charge in [-0.25, -0.2) is 4.99 Å². The van der Waals surface area contributed by atoms with Gasteiger partial charge in [0, 0.05) is 18.7 Å². The molecule has 2 amide bonds. The van der Waals surface area contributed by atoms with Crippen LogP contribution in [0, 0.1) is 6.92 Å². The Hall–Kier alpha value is -2.60. The zero-order valence-corrected chi connectivity index (χ0v) is 15.6. The summed E-state index contributed by atoms with van der Waals surface area (Å²) in [4.78, 5) is 31.2. The molecule has 26 heavy (non-hydrogen) atoms. The second kappa shape index (κ2) is 8.19. The number of benzene rings is 2. The summed E-state index contributed by atoms with van der Waals surface area (Å²) in [5.41, 5.74) is 2.57. The van der Waals surface area contributed by atoms with Gasteiger partial charge >= 0.3 is 0 Å². The van der Waals surface area contributed by atoms with E-state index >= 15 is 0 Å². The summed E-state index contributed by atoms with van der Waals surface area (Å²) in [5.74, 6) is -0.228. The summed E-state index contributed by atoms with van der Waals surface area (Å²) in [6.07, 6.45) is 0.127. The van der Waals surface area contributed by atoms with E-state index in [1.165, 1.54) is 11.8 Å². The largest absolute Gasteiger partial charge is 0.326 e. The molecule has 5 nitrogen and oxygen atoms in total. The molecular weight excluding hydrogens is 346 g/mol. The lowest BCUT2D eigenvalue weighted by Gasteiger charge is -2.13. The van der Waals surface area contributed by atoms with Crippen LogP contribution in [-0.4, -0.2) is 33.7 Å². The number of amidine groups is 1. The van der Waals surface area contributed by atoms with E-state index in [1.807, 2.05) is 68.4 Å². The molecule has 1 N–H and O–H groups in total. The molecule has 6 heteroatoms. The third kappa shape index (κ3) is 4.14. The van der Waals surface area contributed by atoms with Gasteiger partial charge in [-0.15, -0.1) is 0 Å². The van der Waals surface area contributed by atoms with Crippen LogP contribution in [-0.2, 0) is 9.59 Å². The number of carbonyl (C=O) groups excluding carboxylic acids is 2. The zero-order chi connectivity index (χ0) is 18.5. The maximum atomic E-state index is 12.6. The molecule has 0 bridgehead atoms. The fourth-order valence-electron chi connectivity index (χ4n) is 2.71. The second-order valence-corrected chi connectivity index (χ2v) is 7.16. The van der Waals surface area contributed by atoms with E-state index < -0.39 is 5.25 Å². The van der Waals surface area contributed by atoms with Gasteiger partial charge < -0.3 is 5.32 Å². The summed E-state index contributed by atoms with van der Waals surface area (Å²) in [6, 6.07) is 17.1. The van der Waals surface area contributed by atoms with Crippen molar-refractivity contribution in [3.63, 3.8) is 0 Å². The van der Waals surface area contributed by atoms with Crippen LogP contribution in [0.3, 0.4) is 0 Å². The SMILES string of the molecule is CCN1C(=O)[C@H](CC(=O)Nc2ccccc2C)SC1=Nc1ccccc1. The number of nitrogens with zero attached hydrogens (tertiary/aromatic N) is 2. The standard InChI is InChI=1S/C20H21N3O2S/c1-3-23-19(25)17(26-20(23)21-15-10-5-4-6-11-15)13-18(24)22-16-12-8-7-9-14(16)2/h4-12,17H,3,13H2,1-2H3,(H,22,24)/t17-/m0/s1. The van der Waals surface area contributed by atoms with Crippen LogP contribution < -0.4 is 5.32 Å². The molecule has 0 saturated carbocycles. The molecule has 1 aliphatic rings. The molecule has 1 aliphatic heterocycles. The number of nitrogens with one attached hydrogen (secondary N) is 1. The number of carbonyl (C=O) groups is 2. The van der Waals surface area contributed by atoms with Gasteiger partial charge in [0.15, 0.2) is 5.17 Å². The molecule has 2 aromatic rings. The predicted octanol–water partition coefficient (Wildman–Crippen LogP) is 3.98. The van der Waals surface area contributed by atoms with Gasteiger partial charge in [0.25, 0.3) is 0 Å². The first-order valence-electron chi connectivity index (χ1n) is 8.55. The Kier molecular flexibility index (Phi) is 5.73. The Morgan fingerprint density at radius 1 is 1.15 bits per heavy atom. The fourth-order valence-corrected chi connectivity index (χ4v) is 3.93. The van der Waals surface area contributed by atoms with Gasteiger partial charge in [-0.3, -0.25) is 14.5 Å². The number of amides is 2. The molecule has 0 radical (unpaired) electrons. The minimum Gasteiger partial charge on any atom is -0.326 e. The molecule has 3 rings (SSSR count). The fraction of sp³-hybridized carbons (Fsp3) is 0.250. The number of para-hydroxylation sites is 2. The first-order valence-corrected chi connectivity index (χ1v) is 9.43. The normalized spacial score (nSPS) is 18.4. The lowest BCUT2D eigenvalue weighted by atomic mass is 10.2. The Balaban J connectivity index is 1.71. The smallest absolute Gasteiger partial charge is 0.242 e. The van der Waals surface area contributed by atoms with Gasteiger partial charge in [0.05, 0.1) is 5.69 Å². The number of anilines is 1. The lowest BCUT2D eigenvalue weighted by molar-refractivity contribution is -0.128. The van der Waals surface area contributed by atoms with Crippen molar-refractivity contribution in [3.05, 3.63) is 60.2 Å². The minimum atomic E-state index is -0.443. The summed E-state index contributed by atoms with van der Waals surface area (Å²) < 4.78 is 0. The van der Waals surface area contributed by atoms with Crippen LogP contribution in [0.1, 0.15) is 18.9 Å². The van der Waals surface area contributed by atoms with Gasteiger partial charge in [0.2, 0.25) is 11.8 Å². The summed E-state index contributed by atoms with van der Waals surface area (Å²) >= 11 is 1.35. The number of rotatable bonds is 5. The molecule has 0 aliphatic carbocycles. The van der Waals surface area contributed by atoms with E-state index in [4.69, 9.17) is 0 Å². The number of thioether (sulfide) groups is 1. The lowest BCUT2D eigenvalue weighted by Crippen LogP contribution is -2.33. The quantitative estimate of drug-likeness (QED) is 0.870. The van der Waals surface area contributed by atoms with Crippen molar-refractivity contribution < 1.29 is 9.59 Å². The Bertz CT molecular complexity index is 836. The summed E-state index contributed by atoms with van der Waals surface area (Å²) in [7, 11) is 0. The van der Waals surface area contributed by atoms with Crippen LogP contribution in [0.25, 0.3) is 0 Å². The molecule has 134 valence electrons. The molecular formula is C20H21N3O2S. The Labute approximate surface area is 157 Å². The van der Waals surface area contributed by atoms with Crippen LogP contribution in [0.2, 0.25) is 0 Å². The molecule has 0 unspecified atom stereocenters. The highest BCUT2D eigenvalue weighted by atomic mass is 32.2. The predicted molar refractivity (Wildman–Crippen MR) is 107 cm³/mol. The van der Waals surface area contributed by atoms with Crippen LogP contribution in [0.5, 0.6) is 0 Å². The van der Waals surface area contributed by atoms with Gasteiger partial charge in [-0.1, -0.05) is 48.2 Å². The van der Waals surface area contributed by atoms with E-state index in [0.29, 0.717) is 11.7 Å². The highest BCUT2D eigenvalue weighted by molar-refractivity contribution is 8.15. The molecule has 2 aromatic carbocycles. The summed E-state index contributed by atoms with van der Waals surface area (Å²) in [6.45, 7) is 4.39. The molecule has 1 atom stereocenters. The molecule has 1 fully saturated rings. The Morgan fingerprint density at radius 3 is 2.54 bits per heavy atom. The van der Waals surface area contributed by atoms with Crippen molar-refractivity contribution in [1.82, 2.24) is 4.90 Å². The summed E-state index contributed by atoms with van der Waals surface area (Å²) in [5, 5.41) is 3.10. The number of aryl methyl sites for hydroxylation is 1. The van der Waals surface area contributed by atoms with Crippen molar-refractivity contribution >= 4 is 40.1 Å². The monoisotopic (exact) mass is 367 g/mol. The van der Waals surface area contributed by atoms with Crippen molar-refractivity contribution in [2.75, 3.05) is 11.9 Å². The molecule has 0 spiro atoms. The highest BCUT2D eigenvalue weighted by Crippen LogP contribution is 2.31. The van der Waals surface area contributed by atoms with Crippen molar-refractivity contribution in [2.45, 2.75) is 25.5 Å². The maximum Gasteiger partial charge on any atom is 0.242 e. The first-order chi connectivity index (χ1) is 12.6. The van der Waals surface area contributed by atoms with Crippen LogP contribution in [0.4, 0.5) is 11.4 Å². The van der Waals surface area contributed by atoms with E-state index in [2.05, 4.69) is 10.3 Å². The number of hydrogen-bond donors (Lipinski definition) is 1. The van der Waals surface area contributed by atoms with Gasteiger partial charge in [-0.05, 0) is 37.6 Å². The third-order valence-corrected chi connectivity index (χ3v) is 5.28. The average molecular weight is 367 g/mol. The zero-order valence-electron chi connectivity index (χ0n) is 14.8. The maximum absolute atomic E-state index is 12.6. The molecule has 1 saturated heterocycles. The van der Waals surface area contributed by atoms with E-state index in [-0.39, 0.29) is 18.2 Å². The van der Waals surface area contributed by atoms with E-state index in [0.717, 1.165) is 16.9 Å². The molecule has 0 aromatic heterocycles. The topological polar surface area (TPSA) is 61.8 Å². The average Bonchev–Trinajstić information content (AvgIpc) is 2.92. The van der Waals surface area contributed by atoms with Gasteiger partial charge in [-0.2, -0.15) is 0 Å². The van der Waals surface area contributed by atoms with Crippen LogP contribution >= 0.6 is 11.8 Å². The van der Waals surface area contributed by atoms with Crippen LogP contribution in [0.15, 0.2) is 59.6 Å². The van der Waals surface area contributed by atoms with Crippen molar-refractivity contribution in [3.8, 4) is 0 Å². The number of hydrogen-bond acceptors (Lipinski definition) is 4. The van der Waals surface area contributed by atoms with Gasteiger partial charge in [0.1, 0.15) is 5.25 Å². The first kappa shape index (κ1) is 18.2. The third-order valence-electron chi connectivity index (χ3n) is 4.11. The number of aliphatic imine (C=N–C) groups is 1. The van der Waals surface area contributed by atoms with Crippen molar-refractivity contribution in [2.24, 2.45) is 4.99 Å². The molecule has 1 heterocycles. The van der Waals surface area contributed by atoms with E-state index in [9.17, 15) is 9.59 Å². The Morgan fingerprint density at radius 2 is 1.85 bits per heavy atom. The minimum absolute atomic E-state index is 0.0629.